The van der Waals surface area contributed by atoms with Crippen LogP contribution in [0.4, 0.5) is 0 Å². The maximum absolute atomic E-state index is 12.6. The number of carbonyl (C=O) groups excluding carboxylic acids is 1. The molecule has 0 radical (unpaired) electrons. The molecule has 1 saturated heterocycles. The van der Waals surface area contributed by atoms with Crippen LogP contribution in [0.25, 0.3) is 0 Å². The highest BCUT2D eigenvalue weighted by molar-refractivity contribution is 5.81. The van der Waals surface area contributed by atoms with E-state index in [9.17, 15) is 4.79 Å². The molecule has 1 aromatic rings. The lowest BCUT2D eigenvalue weighted by atomic mass is 9.65. The summed E-state index contributed by atoms with van der Waals surface area (Å²) < 4.78 is 10.5. The first-order valence-corrected chi connectivity index (χ1v) is 9.42. The minimum Gasteiger partial charge on any atom is -0.493 e. The van der Waals surface area contributed by atoms with Gasteiger partial charge in [-0.2, -0.15) is 0 Å². The van der Waals surface area contributed by atoms with Gasteiger partial charge in [-0.3, -0.25) is 4.79 Å². The first-order valence-electron chi connectivity index (χ1n) is 9.42. The summed E-state index contributed by atoms with van der Waals surface area (Å²) in [5, 5.41) is 3.95. The number of benzene rings is 1. The van der Waals surface area contributed by atoms with E-state index < -0.39 is 0 Å². The zero-order chi connectivity index (χ0) is 19.7. The van der Waals surface area contributed by atoms with Gasteiger partial charge in [0.1, 0.15) is 0 Å². The fourth-order valence-corrected chi connectivity index (χ4v) is 4.96. The Kier molecular flexibility index (Phi) is 5.36. The molecule has 6 heteroatoms. The highest BCUT2D eigenvalue weighted by atomic mass is 16.6. The second-order valence-electron chi connectivity index (χ2n) is 8.86. The molecule has 1 heterocycles. The second kappa shape index (κ2) is 7.41. The first-order chi connectivity index (χ1) is 12.8. The molecule has 27 heavy (non-hydrogen) atoms. The molecule has 1 amide bonds. The Bertz CT molecular complexity index is 731. The van der Waals surface area contributed by atoms with Gasteiger partial charge >= 0.3 is 0 Å². The number of hydrogen-bond donors (Lipinski definition) is 0. The van der Waals surface area contributed by atoms with Crippen molar-refractivity contribution >= 4 is 12.1 Å². The zero-order valence-corrected chi connectivity index (χ0v) is 16.9. The number of rotatable bonds is 6. The third-order valence-corrected chi connectivity index (χ3v) is 5.61. The molecule has 6 nitrogen and oxygen atoms in total. The van der Waals surface area contributed by atoms with Crippen molar-refractivity contribution in [3.8, 4) is 11.5 Å². The summed E-state index contributed by atoms with van der Waals surface area (Å²) in [5.41, 5.74) is 1.33. The average Bonchev–Trinajstić information content (AvgIpc) is 2.87. The molecule has 2 bridgehead atoms. The van der Waals surface area contributed by atoms with Crippen molar-refractivity contribution in [3.63, 3.8) is 0 Å². The van der Waals surface area contributed by atoms with Crippen LogP contribution in [0.1, 0.15) is 45.6 Å². The third-order valence-electron chi connectivity index (χ3n) is 5.61. The first kappa shape index (κ1) is 19.5. The lowest BCUT2D eigenvalue weighted by molar-refractivity contribution is -0.137. The van der Waals surface area contributed by atoms with Gasteiger partial charge in [-0.15, -0.1) is 0 Å². The fraction of sp³-hybridized carbons (Fsp3) is 0.619. The van der Waals surface area contributed by atoms with Crippen molar-refractivity contribution in [2.24, 2.45) is 16.0 Å². The van der Waals surface area contributed by atoms with Gasteiger partial charge in [-0.05, 0) is 48.3 Å². The maximum atomic E-state index is 12.6. The Hall–Kier alpha value is -2.24. The minimum absolute atomic E-state index is 0.0193. The van der Waals surface area contributed by atoms with Crippen LogP contribution in [-0.4, -0.2) is 50.4 Å². The molecule has 1 aliphatic heterocycles. The topological polar surface area (TPSA) is 60.4 Å². The Labute approximate surface area is 161 Å². The number of nitrogens with zero attached hydrogens (tertiary/aromatic N) is 2. The van der Waals surface area contributed by atoms with Gasteiger partial charge < -0.3 is 19.2 Å². The quantitative estimate of drug-likeness (QED) is 0.565. The van der Waals surface area contributed by atoms with E-state index >= 15 is 0 Å². The van der Waals surface area contributed by atoms with E-state index in [0.717, 1.165) is 24.9 Å². The molecule has 3 rings (SSSR count). The van der Waals surface area contributed by atoms with Crippen molar-refractivity contribution in [1.29, 1.82) is 0 Å². The number of methoxy groups -OCH3 is 2. The predicted octanol–water partition coefficient (Wildman–Crippen LogP) is 3.48. The van der Waals surface area contributed by atoms with Crippen molar-refractivity contribution < 1.29 is 19.1 Å². The highest BCUT2D eigenvalue weighted by Crippen LogP contribution is 2.52. The Balaban J connectivity index is 1.55. The summed E-state index contributed by atoms with van der Waals surface area (Å²) in [4.78, 5) is 19.9. The number of ether oxygens (including phenoxy) is 2. The normalized spacial score (nSPS) is 26.3. The molecular weight excluding hydrogens is 344 g/mol. The molecule has 1 aliphatic carbocycles. The molecule has 1 aromatic carbocycles. The van der Waals surface area contributed by atoms with Gasteiger partial charge in [0.25, 0.3) is 5.91 Å². The Morgan fingerprint density at radius 1 is 1.22 bits per heavy atom. The highest BCUT2D eigenvalue weighted by Gasteiger charge is 2.50. The van der Waals surface area contributed by atoms with Crippen LogP contribution in [-0.2, 0) is 9.63 Å². The monoisotopic (exact) mass is 374 g/mol. The number of fused-ring (bicyclic) bond motifs is 2. The predicted molar refractivity (Wildman–Crippen MR) is 104 cm³/mol. The minimum atomic E-state index is -0.0310. The van der Waals surface area contributed by atoms with Crippen molar-refractivity contribution in [2.75, 3.05) is 27.4 Å². The van der Waals surface area contributed by atoms with Crippen LogP contribution in [0.3, 0.4) is 0 Å². The SMILES string of the molecule is COc1ccc(/C=N\OCC(=O)N2C[C@@]3(C)C[C@@H]2CC(C)(C)C3)cc1OC. The van der Waals surface area contributed by atoms with Crippen molar-refractivity contribution in [2.45, 2.75) is 46.1 Å². The van der Waals surface area contributed by atoms with Crippen molar-refractivity contribution in [3.05, 3.63) is 23.8 Å². The van der Waals surface area contributed by atoms with Gasteiger partial charge in [-0.25, -0.2) is 0 Å². The average molecular weight is 374 g/mol. The smallest absolute Gasteiger partial charge is 0.263 e. The number of carbonyl (C=O) groups is 1. The number of oxime groups is 1. The second-order valence-corrected chi connectivity index (χ2v) is 8.86. The molecule has 1 saturated carbocycles. The fourth-order valence-electron chi connectivity index (χ4n) is 4.96. The molecule has 148 valence electrons. The van der Waals surface area contributed by atoms with E-state index in [0.29, 0.717) is 23.0 Å². The van der Waals surface area contributed by atoms with Crippen LogP contribution in [0.5, 0.6) is 11.5 Å². The molecule has 2 atom stereocenters. The molecule has 0 spiro atoms. The zero-order valence-electron chi connectivity index (χ0n) is 16.9. The van der Waals surface area contributed by atoms with E-state index in [1.54, 1.807) is 32.6 Å². The Morgan fingerprint density at radius 2 is 1.96 bits per heavy atom. The van der Waals surface area contributed by atoms with Gasteiger partial charge in [-0.1, -0.05) is 25.9 Å². The molecule has 2 aliphatic rings. The molecular formula is C21H30N2O4. The molecule has 0 N–H and O–H groups in total. The Morgan fingerprint density at radius 3 is 2.67 bits per heavy atom. The summed E-state index contributed by atoms with van der Waals surface area (Å²) in [5.74, 6) is 1.30. The summed E-state index contributed by atoms with van der Waals surface area (Å²) in [6.45, 7) is 7.69. The van der Waals surface area contributed by atoms with Crippen LogP contribution in [0.15, 0.2) is 23.4 Å². The third kappa shape index (κ3) is 4.37. The number of likely N-dealkylation sites (tertiary alicyclic amines) is 1. The molecule has 2 fully saturated rings. The summed E-state index contributed by atoms with van der Waals surface area (Å²) >= 11 is 0. The van der Waals surface area contributed by atoms with Gasteiger partial charge in [0.15, 0.2) is 18.1 Å². The summed E-state index contributed by atoms with van der Waals surface area (Å²) in [6.07, 6.45) is 4.89. The van der Waals surface area contributed by atoms with Crippen LogP contribution < -0.4 is 9.47 Å². The van der Waals surface area contributed by atoms with Gasteiger partial charge in [0, 0.05) is 18.2 Å². The lowest BCUT2D eigenvalue weighted by Crippen LogP contribution is -2.39. The maximum Gasteiger partial charge on any atom is 0.263 e. The lowest BCUT2D eigenvalue weighted by Gasteiger charge is -2.39. The largest absolute Gasteiger partial charge is 0.493 e. The number of amides is 1. The van der Waals surface area contributed by atoms with E-state index in [1.165, 1.54) is 6.42 Å². The molecule has 0 unspecified atom stereocenters. The van der Waals surface area contributed by atoms with E-state index in [-0.39, 0.29) is 17.9 Å². The van der Waals surface area contributed by atoms with Gasteiger partial charge in [0.2, 0.25) is 0 Å². The van der Waals surface area contributed by atoms with Crippen molar-refractivity contribution in [1.82, 2.24) is 4.90 Å². The van der Waals surface area contributed by atoms with Crippen LogP contribution in [0, 0.1) is 10.8 Å². The summed E-state index contributed by atoms with van der Waals surface area (Å²) in [7, 11) is 3.18. The summed E-state index contributed by atoms with van der Waals surface area (Å²) in [6, 6.07) is 5.78. The van der Waals surface area contributed by atoms with Crippen LogP contribution in [0.2, 0.25) is 0 Å². The van der Waals surface area contributed by atoms with Crippen LogP contribution >= 0.6 is 0 Å². The molecule has 0 aromatic heterocycles. The standard InChI is InChI=1S/C21H30N2O4/c1-20(2)9-16-10-21(3,13-20)14-23(16)19(24)12-27-22-11-15-6-7-17(25-4)18(8-15)26-5/h6-8,11,16H,9-10,12-14H2,1-5H3/b22-11-/t16-,21-/m0/s1. The van der Waals surface area contributed by atoms with E-state index in [2.05, 4.69) is 25.9 Å². The van der Waals surface area contributed by atoms with Gasteiger partial charge in [0.05, 0.1) is 20.4 Å². The number of hydrogen-bond acceptors (Lipinski definition) is 5. The van der Waals surface area contributed by atoms with E-state index in [4.69, 9.17) is 14.3 Å². The van der Waals surface area contributed by atoms with E-state index in [1.807, 2.05) is 11.0 Å².